The standard InChI is InChI=1S/C25H29N3O2S2/c1-18-7-8-19(2)20(13-18)16-31-25-26-21(17-32-25)14-24(29)28-11-9-27(10-12-28)22-5-4-6-23(15-22)30-3/h4-8,13,15,17H,9-12,14,16H2,1-3H3. The van der Waals surface area contributed by atoms with Crippen LogP contribution in [0.1, 0.15) is 22.4 Å². The summed E-state index contributed by atoms with van der Waals surface area (Å²) in [5.41, 5.74) is 5.95. The number of hydrogen-bond donors (Lipinski definition) is 0. The van der Waals surface area contributed by atoms with Crippen LogP contribution in [0, 0.1) is 13.8 Å². The van der Waals surface area contributed by atoms with E-state index in [0.29, 0.717) is 6.42 Å². The van der Waals surface area contributed by atoms with Crippen LogP contribution in [0.4, 0.5) is 5.69 Å². The molecule has 4 rings (SSSR count). The third kappa shape index (κ3) is 5.64. The lowest BCUT2D eigenvalue weighted by molar-refractivity contribution is -0.130. The van der Waals surface area contributed by atoms with Gasteiger partial charge >= 0.3 is 0 Å². The molecular formula is C25H29N3O2S2. The number of anilines is 1. The van der Waals surface area contributed by atoms with Gasteiger partial charge in [0.15, 0.2) is 0 Å². The summed E-state index contributed by atoms with van der Waals surface area (Å²) in [6, 6.07) is 14.6. The van der Waals surface area contributed by atoms with Gasteiger partial charge in [0.2, 0.25) is 5.91 Å². The van der Waals surface area contributed by atoms with Crippen molar-refractivity contribution in [3.63, 3.8) is 0 Å². The fourth-order valence-corrected chi connectivity index (χ4v) is 5.73. The molecular weight excluding hydrogens is 438 g/mol. The Hall–Kier alpha value is -2.51. The molecule has 1 aromatic heterocycles. The van der Waals surface area contributed by atoms with E-state index < -0.39 is 0 Å². The van der Waals surface area contributed by atoms with Crippen molar-refractivity contribution < 1.29 is 9.53 Å². The fraction of sp³-hybridized carbons (Fsp3) is 0.360. The van der Waals surface area contributed by atoms with Crippen LogP contribution in [-0.4, -0.2) is 49.1 Å². The lowest BCUT2D eigenvalue weighted by Gasteiger charge is -2.36. The first-order valence-corrected chi connectivity index (χ1v) is 12.7. The van der Waals surface area contributed by atoms with Gasteiger partial charge in [0.05, 0.1) is 19.2 Å². The minimum absolute atomic E-state index is 0.159. The van der Waals surface area contributed by atoms with Crippen LogP contribution in [0.5, 0.6) is 5.75 Å². The predicted octanol–water partition coefficient (Wildman–Crippen LogP) is 4.95. The van der Waals surface area contributed by atoms with Crippen LogP contribution in [0.15, 0.2) is 52.2 Å². The number of aryl methyl sites for hydroxylation is 2. The van der Waals surface area contributed by atoms with Crippen molar-refractivity contribution in [3.8, 4) is 5.75 Å². The molecule has 32 heavy (non-hydrogen) atoms. The molecule has 1 aliphatic heterocycles. The maximum Gasteiger partial charge on any atom is 0.228 e. The van der Waals surface area contributed by atoms with Gasteiger partial charge < -0.3 is 14.5 Å². The van der Waals surface area contributed by atoms with Crippen molar-refractivity contribution in [1.82, 2.24) is 9.88 Å². The number of ether oxygens (including phenoxy) is 1. The summed E-state index contributed by atoms with van der Waals surface area (Å²) in [7, 11) is 1.68. The van der Waals surface area contributed by atoms with Gasteiger partial charge in [-0.25, -0.2) is 4.98 Å². The molecule has 3 aromatic rings. The largest absolute Gasteiger partial charge is 0.497 e. The number of hydrogen-bond acceptors (Lipinski definition) is 6. The number of thiazole rings is 1. The van der Waals surface area contributed by atoms with Crippen LogP contribution in [0.3, 0.4) is 0 Å². The zero-order chi connectivity index (χ0) is 22.5. The number of aromatic nitrogens is 1. The van der Waals surface area contributed by atoms with E-state index in [-0.39, 0.29) is 5.91 Å². The molecule has 0 saturated carbocycles. The number of carbonyl (C=O) groups excluding carboxylic acids is 1. The zero-order valence-corrected chi connectivity index (χ0v) is 20.5. The van der Waals surface area contributed by atoms with Crippen LogP contribution in [0.2, 0.25) is 0 Å². The number of amides is 1. The van der Waals surface area contributed by atoms with E-state index in [2.05, 4.69) is 43.0 Å². The Morgan fingerprint density at radius 3 is 2.72 bits per heavy atom. The molecule has 0 radical (unpaired) electrons. The highest BCUT2D eigenvalue weighted by molar-refractivity contribution is 8.00. The molecule has 0 spiro atoms. The Labute approximate surface area is 198 Å². The maximum atomic E-state index is 12.8. The smallest absolute Gasteiger partial charge is 0.228 e. The second kappa shape index (κ2) is 10.4. The van der Waals surface area contributed by atoms with Gasteiger partial charge in [-0.15, -0.1) is 11.3 Å². The molecule has 1 amide bonds. The number of carbonyl (C=O) groups is 1. The third-order valence-corrected chi connectivity index (χ3v) is 7.89. The minimum Gasteiger partial charge on any atom is -0.497 e. The number of methoxy groups -OCH3 is 1. The Morgan fingerprint density at radius 1 is 1.12 bits per heavy atom. The number of rotatable bonds is 7. The Bertz CT molecular complexity index is 1070. The molecule has 0 atom stereocenters. The quantitative estimate of drug-likeness (QED) is 0.460. The van der Waals surface area contributed by atoms with E-state index >= 15 is 0 Å². The minimum atomic E-state index is 0.159. The topological polar surface area (TPSA) is 45.7 Å². The van der Waals surface area contributed by atoms with E-state index in [1.54, 1.807) is 30.2 Å². The third-order valence-electron chi connectivity index (χ3n) is 5.77. The van der Waals surface area contributed by atoms with Crippen LogP contribution in [-0.2, 0) is 17.0 Å². The SMILES string of the molecule is COc1cccc(N2CCN(C(=O)Cc3csc(SCc4cc(C)ccc4C)n3)CC2)c1. The molecule has 2 heterocycles. The summed E-state index contributed by atoms with van der Waals surface area (Å²) in [5, 5.41) is 2.02. The van der Waals surface area contributed by atoms with Gasteiger partial charge in [-0.1, -0.05) is 41.6 Å². The second-order valence-electron chi connectivity index (χ2n) is 8.07. The molecule has 2 aromatic carbocycles. The first-order chi connectivity index (χ1) is 15.5. The fourth-order valence-electron chi connectivity index (χ4n) is 3.82. The van der Waals surface area contributed by atoms with E-state index in [4.69, 9.17) is 9.72 Å². The van der Waals surface area contributed by atoms with Crippen molar-refractivity contribution in [2.45, 2.75) is 30.4 Å². The van der Waals surface area contributed by atoms with Crippen molar-refractivity contribution in [2.24, 2.45) is 0 Å². The molecule has 5 nitrogen and oxygen atoms in total. The van der Waals surface area contributed by atoms with Gasteiger partial charge in [0.25, 0.3) is 0 Å². The van der Waals surface area contributed by atoms with Gasteiger partial charge in [0.1, 0.15) is 10.1 Å². The normalized spacial score (nSPS) is 14.0. The van der Waals surface area contributed by atoms with Crippen LogP contribution >= 0.6 is 23.1 Å². The summed E-state index contributed by atoms with van der Waals surface area (Å²) in [6.07, 6.45) is 0.375. The monoisotopic (exact) mass is 467 g/mol. The second-order valence-corrected chi connectivity index (χ2v) is 10.2. The summed E-state index contributed by atoms with van der Waals surface area (Å²) in [6.45, 7) is 7.38. The number of thioether (sulfide) groups is 1. The molecule has 1 saturated heterocycles. The van der Waals surface area contributed by atoms with E-state index in [0.717, 1.165) is 53.4 Å². The summed E-state index contributed by atoms with van der Waals surface area (Å²) in [4.78, 5) is 21.8. The average molecular weight is 468 g/mol. The molecule has 1 aliphatic rings. The van der Waals surface area contributed by atoms with Crippen molar-refractivity contribution in [3.05, 3.63) is 70.2 Å². The van der Waals surface area contributed by atoms with Gasteiger partial charge in [-0.2, -0.15) is 0 Å². The van der Waals surface area contributed by atoms with Crippen LogP contribution < -0.4 is 9.64 Å². The summed E-state index contributed by atoms with van der Waals surface area (Å²) >= 11 is 3.38. The Morgan fingerprint density at radius 2 is 1.94 bits per heavy atom. The number of benzene rings is 2. The number of nitrogens with zero attached hydrogens (tertiary/aromatic N) is 3. The molecule has 168 valence electrons. The first kappa shape index (κ1) is 22.7. The zero-order valence-electron chi connectivity index (χ0n) is 18.8. The highest BCUT2D eigenvalue weighted by Gasteiger charge is 2.22. The summed E-state index contributed by atoms with van der Waals surface area (Å²) in [5.74, 6) is 1.92. The number of piperazine rings is 1. The molecule has 1 fully saturated rings. The Balaban J connectivity index is 1.27. The molecule has 0 N–H and O–H groups in total. The summed E-state index contributed by atoms with van der Waals surface area (Å²) < 4.78 is 6.35. The molecule has 0 bridgehead atoms. The van der Waals surface area contributed by atoms with Gasteiger partial charge in [-0.3, -0.25) is 4.79 Å². The van der Waals surface area contributed by atoms with Crippen molar-refractivity contribution >= 4 is 34.7 Å². The molecule has 7 heteroatoms. The molecule has 0 aliphatic carbocycles. The predicted molar refractivity (Wildman–Crippen MR) is 133 cm³/mol. The van der Waals surface area contributed by atoms with Gasteiger partial charge in [-0.05, 0) is 37.1 Å². The van der Waals surface area contributed by atoms with Gasteiger partial charge in [0, 0.05) is 49.1 Å². The Kier molecular flexibility index (Phi) is 7.37. The highest BCUT2D eigenvalue weighted by atomic mass is 32.2. The highest BCUT2D eigenvalue weighted by Crippen LogP contribution is 2.28. The molecule has 0 unspecified atom stereocenters. The average Bonchev–Trinajstić information content (AvgIpc) is 3.27. The van der Waals surface area contributed by atoms with Crippen LogP contribution in [0.25, 0.3) is 0 Å². The van der Waals surface area contributed by atoms with E-state index in [1.165, 1.54) is 16.7 Å². The van der Waals surface area contributed by atoms with E-state index in [1.807, 2.05) is 28.5 Å². The van der Waals surface area contributed by atoms with E-state index in [9.17, 15) is 4.79 Å². The maximum absolute atomic E-state index is 12.8. The lowest BCUT2D eigenvalue weighted by Crippen LogP contribution is -2.49. The van der Waals surface area contributed by atoms with Crippen molar-refractivity contribution in [1.29, 1.82) is 0 Å². The van der Waals surface area contributed by atoms with Crippen molar-refractivity contribution in [2.75, 3.05) is 38.2 Å². The first-order valence-electron chi connectivity index (χ1n) is 10.8. The lowest BCUT2D eigenvalue weighted by atomic mass is 10.1.